The van der Waals surface area contributed by atoms with Gasteiger partial charge in [0.1, 0.15) is 22.7 Å². The van der Waals surface area contributed by atoms with Crippen LogP contribution in [-0.2, 0) is 13.1 Å². The van der Waals surface area contributed by atoms with Crippen LogP contribution in [0, 0.1) is 5.92 Å². The third kappa shape index (κ3) is 6.25. The van der Waals surface area contributed by atoms with Gasteiger partial charge in [-0.1, -0.05) is 48.7 Å². The van der Waals surface area contributed by atoms with Crippen LogP contribution in [0.1, 0.15) is 35.8 Å². The van der Waals surface area contributed by atoms with E-state index in [1.807, 2.05) is 6.92 Å². The molecule has 0 aliphatic heterocycles. The molecule has 10 heteroatoms. The van der Waals surface area contributed by atoms with Crippen molar-refractivity contribution >= 4 is 40.0 Å². The second kappa shape index (κ2) is 13.2. The molecule has 4 rings (SSSR count). The predicted octanol–water partition coefficient (Wildman–Crippen LogP) is 5.73. The standard InChI is InChI=1S/C30H31Cl2N3O5/c1-4-18(17-36)9-11-35-28(29(37)34-16-19-12-21(39-2)15-22(13-19)40-3)26(20-7-8-24(31)25(32)14-20)23-6-5-10-33-27(23)30(35)38/h5-8,10,12-15,18,36H,4,9,11,16-17H2,1-3H3,(H,34,37). The minimum atomic E-state index is -0.456. The van der Waals surface area contributed by atoms with Crippen molar-refractivity contribution in [3.63, 3.8) is 0 Å². The number of pyridine rings is 2. The van der Waals surface area contributed by atoms with Gasteiger partial charge in [0.15, 0.2) is 0 Å². The third-order valence-corrected chi connectivity index (χ3v) is 7.65. The molecule has 2 N–H and O–H groups in total. The van der Waals surface area contributed by atoms with E-state index in [4.69, 9.17) is 32.7 Å². The van der Waals surface area contributed by atoms with Crippen LogP contribution in [0.25, 0.3) is 22.0 Å². The van der Waals surface area contributed by atoms with Gasteiger partial charge in [0.25, 0.3) is 11.5 Å². The summed E-state index contributed by atoms with van der Waals surface area (Å²) in [6.07, 6.45) is 2.78. The number of fused-ring (bicyclic) bond motifs is 1. The summed E-state index contributed by atoms with van der Waals surface area (Å²) in [4.78, 5) is 32.1. The summed E-state index contributed by atoms with van der Waals surface area (Å²) in [5, 5.41) is 13.9. The van der Waals surface area contributed by atoms with Crippen LogP contribution in [0.5, 0.6) is 11.5 Å². The molecule has 0 bridgehead atoms. The number of carbonyl (C=O) groups is 1. The number of aromatic nitrogens is 2. The number of hydrogen-bond donors (Lipinski definition) is 2. The van der Waals surface area contributed by atoms with Crippen LogP contribution in [-0.4, -0.2) is 41.4 Å². The van der Waals surface area contributed by atoms with Crippen LogP contribution in [0.4, 0.5) is 0 Å². The van der Waals surface area contributed by atoms with E-state index in [9.17, 15) is 14.7 Å². The lowest BCUT2D eigenvalue weighted by Gasteiger charge is -2.21. The number of methoxy groups -OCH3 is 2. The lowest BCUT2D eigenvalue weighted by molar-refractivity contribution is 0.0940. The van der Waals surface area contributed by atoms with Crippen molar-refractivity contribution in [1.29, 1.82) is 0 Å². The van der Waals surface area contributed by atoms with Gasteiger partial charge in [-0.05, 0) is 53.8 Å². The van der Waals surface area contributed by atoms with E-state index in [-0.39, 0.29) is 42.4 Å². The molecule has 210 valence electrons. The molecular formula is C30H31Cl2N3O5. The van der Waals surface area contributed by atoms with Crippen molar-refractivity contribution in [2.75, 3.05) is 20.8 Å². The number of benzene rings is 2. The molecule has 1 amide bonds. The highest BCUT2D eigenvalue weighted by molar-refractivity contribution is 6.42. The molecule has 0 spiro atoms. The zero-order chi connectivity index (χ0) is 28.8. The van der Waals surface area contributed by atoms with Gasteiger partial charge in [-0.15, -0.1) is 0 Å². The van der Waals surface area contributed by atoms with Gasteiger partial charge in [-0.25, -0.2) is 0 Å². The molecule has 0 aliphatic carbocycles. The highest BCUT2D eigenvalue weighted by Gasteiger charge is 2.25. The van der Waals surface area contributed by atoms with E-state index in [0.717, 1.165) is 12.0 Å². The predicted molar refractivity (Wildman–Crippen MR) is 158 cm³/mol. The molecule has 0 saturated carbocycles. The summed E-state index contributed by atoms with van der Waals surface area (Å²) in [5.74, 6) is 0.689. The molecule has 0 saturated heterocycles. The van der Waals surface area contributed by atoms with E-state index >= 15 is 0 Å². The maximum absolute atomic E-state index is 14.0. The zero-order valence-electron chi connectivity index (χ0n) is 22.5. The summed E-state index contributed by atoms with van der Waals surface area (Å²) in [6.45, 7) is 2.33. The quantitative estimate of drug-likeness (QED) is 0.234. The highest BCUT2D eigenvalue weighted by Crippen LogP contribution is 2.34. The second-order valence-electron chi connectivity index (χ2n) is 9.36. The number of carbonyl (C=O) groups excluding carboxylic acids is 1. The Balaban J connectivity index is 1.89. The first kappa shape index (κ1) is 29.4. The third-order valence-electron chi connectivity index (χ3n) is 6.92. The Hall–Kier alpha value is -3.59. The fourth-order valence-electron chi connectivity index (χ4n) is 4.63. The second-order valence-corrected chi connectivity index (χ2v) is 10.2. The van der Waals surface area contributed by atoms with E-state index in [1.54, 1.807) is 68.9 Å². The van der Waals surface area contributed by atoms with Crippen LogP contribution < -0.4 is 20.3 Å². The summed E-state index contributed by atoms with van der Waals surface area (Å²) in [7, 11) is 3.11. The fourth-order valence-corrected chi connectivity index (χ4v) is 4.93. The molecule has 1 unspecified atom stereocenters. The summed E-state index contributed by atoms with van der Waals surface area (Å²) >= 11 is 12.6. The lowest BCUT2D eigenvalue weighted by atomic mass is 9.97. The zero-order valence-corrected chi connectivity index (χ0v) is 24.1. The molecule has 8 nitrogen and oxygen atoms in total. The topological polar surface area (TPSA) is 103 Å². The number of aliphatic hydroxyl groups is 1. The Morgan fingerprint density at radius 3 is 2.42 bits per heavy atom. The first-order chi connectivity index (χ1) is 19.3. The van der Waals surface area contributed by atoms with Crippen molar-refractivity contribution in [3.8, 4) is 22.6 Å². The average Bonchev–Trinajstić information content (AvgIpc) is 2.98. The molecule has 40 heavy (non-hydrogen) atoms. The number of hydrogen-bond acceptors (Lipinski definition) is 6. The van der Waals surface area contributed by atoms with E-state index in [2.05, 4.69) is 10.3 Å². The van der Waals surface area contributed by atoms with Gasteiger partial charge >= 0.3 is 0 Å². The maximum atomic E-state index is 14.0. The maximum Gasteiger partial charge on any atom is 0.277 e. The number of nitrogens with one attached hydrogen (secondary N) is 1. The molecule has 4 aromatic rings. The highest BCUT2D eigenvalue weighted by atomic mass is 35.5. The largest absolute Gasteiger partial charge is 0.497 e. The summed E-state index contributed by atoms with van der Waals surface area (Å²) < 4.78 is 12.2. The minimum Gasteiger partial charge on any atom is -0.497 e. The van der Waals surface area contributed by atoms with Gasteiger partial charge in [-0.3, -0.25) is 14.6 Å². The van der Waals surface area contributed by atoms with Crippen LogP contribution in [0.2, 0.25) is 10.0 Å². The molecule has 0 radical (unpaired) electrons. The Kier molecular flexibility index (Phi) is 9.68. The number of halogens is 2. The van der Waals surface area contributed by atoms with Crippen LogP contribution in [0.3, 0.4) is 0 Å². The average molecular weight is 585 g/mol. The van der Waals surface area contributed by atoms with Crippen molar-refractivity contribution in [1.82, 2.24) is 14.9 Å². The van der Waals surface area contributed by atoms with Crippen LogP contribution in [0.15, 0.2) is 59.5 Å². The number of ether oxygens (including phenoxy) is 2. The first-order valence-electron chi connectivity index (χ1n) is 12.9. The Morgan fingerprint density at radius 1 is 1.07 bits per heavy atom. The number of amides is 1. The van der Waals surface area contributed by atoms with Gasteiger partial charge < -0.3 is 24.5 Å². The normalized spacial score (nSPS) is 11.8. The van der Waals surface area contributed by atoms with Crippen molar-refractivity contribution in [2.24, 2.45) is 5.92 Å². The number of nitrogens with zero attached hydrogens (tertiary/aromatic N) is 2. The van der Waals surface area contributed by atoms with Crippen molar-refractivity contribution in [3.05, 3.63) is 86.4 Å². The molecular weight excluding hydrogens is 553 g/mol. The molecule has 2 aromatic carbocycles. The van der Waals surface area contributed by atoms with Crippen LogP contribution >= 0.6 is 23.2 Å². The smallest absolute Gasteiger partial charge is 0.277 e. The molecule has 1 atom stereocenters. The fraction of sp³-hybridized carbons (Fsp3) is 0.300. The Labute approximate surface area is 242 Å². The first-order valence-corrected chi connectivity index (χ1v) is 13.6. The number of aliphatic hydroxyl groups excluding tert-OH is 1. The SMILES string of the molecule is CCC(CO)CCn1c(C(=O)NCc2cc(OC)cc(OC)c2)c(-c2ccc(Cl)c(Cl)c2)c2cccnc2c1=O. The molecule has 2 aromatic heterocycles. The van der Waals surface area contributed by atoms with E-state index < -0.39 is 5.91 Å². The minimum absolute atomic E-state index is 0.0179. The van der Waals surface area contributed by atoms with Crippen molar-refractivity contribution in [2.45, 2.75) is 32.9 Å². The molecule has 0 fully saturated rings. The monoisotopic (exact) mass is 583 g/mol. The van der Waals surface area contributed by atoms with E-state index in [0.29, 0.717) is 44.5 Å². The van der Waals surface area contributed by atoms with Gasteiger partial charge in [0.2, 0.25) is 0 Å². The van der Waals surface area contributed by atoms with Gasteiger partial charge in [-0.2, -0.15) is 0 Å². The number of rotatable bonds is 11. The molecule has 0 aliphatic rings. The summed E-state index contributed by atoms with van der Waals surface area (Å²) in [5.41, 5.74) is 1.90. The Bertz CT molecular complexity index is 1560. The Morgan fingerprint density at radius 2 is 1.80 bits per heavy atom. The molecule has 2 heterocycles. The van der Waals surface area contributed by atoms with Gasteiger partial charge in [0, 0.05) is 42.9 Å². The van der Waals surface area contributed by atoms with Gasteiger partial charge in [0.05, 0.1) is 24.3 Å². The lowest BCUT2D eigenvalue weighted by Crippen LogP contribution is -2.34. The van der Waals surface area contributed by atoms with Crippen molar-refractivity contribution < 1.29 is 19.4 Å². The van der Waals surface area contributed by atoms with E-state index in [1.165, 1.54) is 4.57 Å². The summed E-state index contributed by atoms with van der Waals surface area (Å²) in [6, 6.07) is 13.9.